The molecule has 0 saturated heterocycles. The minimum Gasteiger partial charge on any atom is -0.507 e. The second-order valence-electron chi connectivity index (χ2n) is 7.79. The van der Waals surface area contributed by atoms with Gasteiger partial charge in [0.2, 0.25) is 0 Å². The lowest BCUT2D eigenvalue weighted by molar-refractivity contribution is 0.0693. The highest BCUT2D eigenvalue weighted by molar-refractivity contribution is 7.91. The van der Waals surface area contributed by atoms with E-state index in [1.165, 1.54) is 12.1 Å². The highest BCUT2D eigenvalue weighted by Gasteiger charge is 2.24. The molecule has 0 radical (unpaired) electrons. The molecule has 32 heavy (non-hydrogen) atoms. The molecule has 0 aliphatic carbocycles. The van der Waals surface area contributed by atoms with Gasteiger partial charge in [-0.15, -0.1) is 0 Å². The molecule has 0 aromatic heterocycles. The molecular formula is C25H26O6S. The normalized spacial score (nSPS) is 12.3. The number of carboxylic acid groups (broad SMARTS) is 1. The van der Waals surface area contributed by atoms with Crippen LogP contribution in [0, 0.1) is 13.8 Å². The third kappa shape index (κ3) is 5.11. The van der Waals surface area contributed by atoms with Gasteiger partial charge >= 0.3 is 5.97 Å². The van der Waals surface area contributed by atoms with Gasteiger partial charge in [-0.05, 0) is 43.7 Å². The van der Waals surface area contributed by atoms with E-state index >= 15 is 0 Å². The zero-order chi connectivity index (χ0) is 23.5. The van der Waals surface area contributed by atoms with Crippen molar-refractivity contribution < 1.29 is 28.2 Å². The van der Waals surface area contributed by atoms with Gasteiger partial charge in [0.15, 0.2) is 9.84 Å². The molecule has 0 fully saturated rings. The number of phenols is 1. The highest BCUT2D eigenvalue weighted by Crippen LogP contribution is 2.40. The van der Waals surface area contributed by atoms with Gasteiger partial charge in [-0.3, -0.25) is 0 Å². The Morgan fingerprint density at radius 2 is 1.69 bits per heavy atom. The van der Waals surface area contributed by atoms with Crippen LogP contribution in [-0.4, -0.2) is 37.0 Å². The first kappa shape index (κ1) is 23.3. The fourth-order valence-electron chi connectivity index (χ4n) is 3.54. The third-order valence-corrected chi connectivity index (χ3v) is 7.07. The predicted molar refractivity (Wildman–Crippen MR) is 122 cm³/mol. The maximum atomic E-state index is 12.6. The average Bonchev–Trinajstić information content (AvgIpc) is 2.73. The van der Waals surface area contributed by atoms with Crippen molar-refractivity contribution in [1.82, 2.24) is 0 Å². The molecule has 0 aliphatic rings. The van der Waals surface area contributed by atoms with Crippen LogP contribution in [0.3, 0.4) is 0 Å². The first-order chi connectivity index (χ1) is 15.1. The van der Waals surface area contributed by atoms with Crippen molar-refractivity contribution >= 4 is 15.8 Å². The SMILES string of the molecule is Cc1ccc(S(=O)(=O)CCOc2ccc(C(=O)O)c(O)c2C(C)c2cccc(C)c2)cc1. The number of ether oxygens (including phenoxy) is 1. The van der Waals surface area contributed by atoms with E-state index in [4.69, 9.17) is 4.74 Å². The molecule has 2 N–H and O–H groups in total. The Labute approximate surface area is 188 Å². The van der Waals surface area contributed by atoms with Crippen molar-refractivity contribution in [1.29, 1.82) is 0 Å². The van der Waals surface area contributed by atoms with Gasteiger partial charge in [-0.2, -0.15) is 0 Å². The quantitative estimate of drug-likeness (QED) is 0.511. The van der Waals surface area contributed by atoms with Crippen LogP contribution in [0.4, 0.5) is 0 Å². The fraction of sp³-hybridized carbons (Fsp3) is 0.240. The van der Waals surface area contributed by atoms with E-state index in [1.807, 2.05) is 45.0 Å². The Hall–Kier alpha value is -3.32. The number of carbonyl (C=O) groups is 1. The lowest BCUT2D eigenvalue weighted by Gasteiger charge is -2.20. The van der Waals surface area contributed by atoms with Gasteiger partial charge in [0.25, 0.3) is 0 Å². The average molecular weight is 455 g/mol. The third-order valence-electron chi connectivity index (χ3n) is 5.37. The molecule has 7 heteroatoms. The molecule has 0 aliphatic heterocycles. The highest BCUT2D eigenvalue weighted by atomic mass is 32.2. The topological polar surface area (TPSA) is 101 Å². The van der Waals surface area contributed by atoms with Gasteiger partial charge in [-0.1, -0.05) is 54.4 Å². The summed E-state index contributed by atoms with van der Waals surface area (Å²) in [5.41, 5.74) is 2.93. The molecule has 6 nitrogen and oxygen atoms in total. The summed E-state index contributed by atoms with van der Waals surface area (Å²) in [7, 11) is -3.55. The number of aromatic carboxylic acids is 1. The number of carboxylic acids is 1. The van der Waals surface area contributed by atoms with E-state index in [2.05, 4.69) is 0 Å². The van der Waals surface area contributed by atoms with Crippen LogP contribution < -0.4 is 4.74 Å². The zero-order valence-corrected chi connectivity index (χ0v) is 19.0. The predicted octanol–water partition coefficient (Wildman–Crippen LogP) is 4.71. The summed E-state index contributed by atoms with van der Waals surface area (Å²) in [6, 6.07) is 17.0. The molecule has 0 bridgehead atoms. The number of rotatable bonds is 8. The van der Waals surface area contributed by atoms with Crippen molar-refractivity contribution in [2.24, 2.45) is 0 Å². The largest absolute Gasteiger partial charge is 0.507 e. The molecule has 0 saturated carbocycles. The summed E-state index contributed by atoms with van der Waals surface area (Å²) in [5, 5.41) is 20.2. The Bertz CT molecular complexity index is 1230. The molecule has 3 aromatic rings. The van der Waals surface area contributed by atoms with Crippen molar-refractivity contribution in [2.75, 3.05) is 12.4 Å². The van der Waals surface area contributed by atoms with E-state index in [0.29, 0.717) is 5.56 Å². The number of sulfone groups is 1. The van der Waals surface area contributed by atoms with Gasteiger partial charge in [0.05, 0.1) is 10.6 Å². The molecule has 3 aromatic carbocycles. The first-order valence-electron chi connectivity index (χ1n) is 10.2. The van der Waals surface area contributed by atoms with Gasteiger partial charge < -0.3 is 14.9 Å². The zero-order valence-electron chi connectivity index (χ0n) is 18.2. The monoisotopic (exact) mass is 454 g/mol. The smallest absolute Gasteiger partial charge is 0.339 e. The Balaban J connectivity index is 1.90. The number of hydrogen-bond donors (Lipinski definition) is 2. The number of aromatic hydroxyl groups is 1. The van der Waals surface area contributed by atoms with Crippen LogP contribution in [0.25, 0.3) is 0 Å². The van der Waals surface area contributed by atoms with E-state index < -0.39 is 15.8 Å². The van der Waals surface area contributed by atoms with E-state index in [1.54, 1.807) is 24.3 Å². The summed E-state index contributed by atoms with van der Waals surface area (Å²) in [6.45, 7) is 5.52. The molecule has 168 valence electrons. The molecule has 1 unspecified atom stereocenters. The summed E-state index contributed by atoms with van der Waals surface area (Å²) in [5.74, 6) is -2.02. The Morgan fingerprint density at radius 3 is 2.31 bits per heavy atom. The first-order valence-corrected chi connectivity index (χ1v) is 11.8. The minimum atomic E-state index is -3.55. The van der Waals surface area contributed by atoms with E-state index in [-0.39, 0.29) is 40.2 Å². The molecule has 0 amide bonds. The summed E-state index contributed by atoms with van der Waals surface area (Å²) >= 11 is 0. The van der Waals surface area contributed by atoms with Crippen LogP contribution >= 0.6 is 0 Å². The number of benzene rings is 3. The molecular weight excluding hydrogens is 428 g/mol. The second kappa shape index (κ2) is 9.44. The number of hydrogen-bond acceptors (Lipinski definition) is 5. The molecule has 0 spiro atoms. The lowest BCUT2D eigenvalue weighted by atomic mass is 9.89. The molecule has 0 heterocycles. The Kier molecular flexibility index (Phi) is 6.89. The van der Waals surface area contributed by atoms with Crippen LogP contribution in [0.15, 0.2) is 65.6 Å². The van der Waals surface area contributed by atoms with Gasteiger partial charge in [-0.25, -0.2) is 13.2 Å². The van der Waals surface area contributed by atoms with E-state index in [0.717, 1.165) is 16.7 Å². The fourth-order valence-corrected chi connectivity index (χ4v) is 4.63. The Morgan fingerprint density at radius 1 is 1.00 bits per heavy atom. The van der Waals surface area contributed by atoms with Gasteiger partial charge in [0, 0.05) is 11.5 Å². The lowest BCUT2D eigenvalue weighted by Crippen LogP contribution is -2.15. The summed E-state index contributed by atoms with van der Waals surface area (Å²) in [6.07, 6.45) is 0. The van der Waals surface area contributed by atoms with Crippen molar-refractivity contribution in [3.63, 3.8) is 0 Å². The summed E-state index contributed by atoms with van der Waals surface area (Å²) in [4.78, 5) is 11.8. The minimum absolute atomic E-state index is 0.143. The van der Waals surface area contributed by atoms with Crippen molar-refractivity contribution in [2.45, 2.75) is 31.6 Å². The second-order valence-corrected chi connectivity index (χ2v) is 9.90. The van der Waals surface area contributed by atoms with Crippen molar-refractivity contribution in [3.05, 3.63) is 88.5 Å². The van der Waals surface area contributed by atoms with Crippen LogP contribution in [-0.2, 0) is 9.84 Å². The van der Waals surface area contributed by atoms with E-state index in [9.17, 15) is 23.4 Å². The number of aryl methyl sites for hydroxylation is 2. The maximum absolute atomic E-state index is 12.6. The molecule has 3 rings (SSSR count). The van der Waals surface area contributed by atoms with Crippen molar-refractivity contribution in [3.8, 4) is 11.5 Å². The standard InChI is InChI=1S/C25H26O6S/c1-16-7-9-20(10-8-16)32(29,30)14-13-31-22-12-11-21(25(27)28)24(26)23(22)18(3)19-6-4-5-17(2)15-19/h4-12,15,18,26H,13-14H2,1-3H3,(H,27,28). The van der Waals surface area contributed by atoms with Gasteiger partial charge in [0.1, 0.15) is 23.7 Å². The maximum Gasteiger partial charge on any atom is 0.339 e. The van der Waals surface area contributed by atoms with Crippen LogP contribution in [0.5, 0.6) is 11.5 Å². The summed E-state index contributed by atoms with van der Waals surface area (Å²) < 4.78 is 31.0. The molecule has 1 atom stereocenters. The van der Waals surface area contributed by atoms with Crippen LogP contribution in [0.2, 0.25) is 0 Å². The van der Waals surface area contributed by atoms with Crippen LogP contribution in [0.1, 0.15) is 45.5 Å².